The predicted molar refractivity (Wildman–Crippen MR) is 62.1 cm³/mol. The van der Waals surface area contributed by atoms with Crippen molar-refractivity contribution in [2.24, 2.45) is 0 Å². The lowest BCUT2D eigenvalue weighted by Crippen LogP contribution is -1.81. The molecule has 0 saturated heterocycles. The van der Waals surface area contributed by atoms with Crippen molar-refractivity contribution in [1.29, 1.82) is 0 Å². The topological polar surface area (TPSA) is 12.9 Å². The van der Waals surface area contributed by atoms with Gasteiger partial charge in [0.05, 0.1) is 15.2 Å². The Hall–Kier alpha value is -0.120. The molecule has 0 bridgehead atoms. The fraction of sp³-hybridized carbons (Fsp3) is 0.222. The first-order valence-corrected chi connectivity index (χ1v) is 6.22. The van der Waals surface area contributed by atoms with Gasteiger partial charge in [-0.15, -0.1) is 11.3 Å². The van der Waals surface area contributed by atoms with E-state index in [-0.39, 0.29) is 0 Å². The van der Waals surface area contributed by atoms with Gasteiger partial charge in [-0.3, -0.25) is 0 Å². The summed E-state index contributed by atoms with van der Waals surface area (Å²) in [5, 5.41) is 2.87. The summed E-state index contributed by atoms with van der Waals surface area (Å²) in [4.78, 5) is 4.47. The Balaban J connectivity index is 2.49. The van der Waals surface area contributed by atoms with E-state index in [9.17, 15) is 0 Å². The van der Waals surface area contributed by atoms with Gasteiger partial charge in [0.15, 0.2) is 0 Å². The first-order valence-electron chi connectivity index (χ1n) is 3.90. The predicted octanol–water partition coefficient (Wildman–Crippen LogP) is 3.89. The number of thiazole rings is 1. The van der Waals surface area contributed by atoms with E-state index in [1.165, 1.54) is 4.70 Å². The van der Waals surface area contributed by atoms with Crippen LogP contribution in [0.25, 0.3) is 10.2 Å². The van der Waals surface area contributed by atoms with Gasteiger partial charge < -0.3 is 0 Å². The van der Waals surface area contributed by atoms with Gasteiger partial charge in [-0.25, -0.2) is 4.98 Å². The fourth-order valence-corrected chi connectivity index (χ4v) is 2.89. The normalized spacial score (nSPS) is 10.9. The van der Waals surface area contributed by atoms with Crippen molar-refractivity contribution in [2.45, 2.75) is 6.42 Å². The number of nitrogens with zero attached hydrogens (tertiary/aromatic N) is 1. The lowest BCUT2D eigenvalue weighted by molar-refractivity contribution is 1.13. The number of hydrogen-bond donors (Lipinski definition) is 0. The Morgan fingerprint density at radius 3 is 3.08 bits per heavy atom. The maximum atomic E-state index is 5.86. The van der Waals surface area contributed by atoms with E-state index in [2.05, 4.69) is 20.9 Å². The first-order chi connectivity index (χ1) is 6.29. The largest absolute Gasteiger partial charge is 0.241 e. The monoisotopic (exact) mass is 275 g/mol. The van der Waals surface area contributed by atoms with Gasteiger partial charge in [0.25, 0.3) is 0 Å². The average molecular weight is 277 g/mol. The number of hydrogen-bond acceptors (Lipinski definition) is 2. The summed E-state index contributed by atoms with van der Waals surface area (Å²) in [5.74, 6) is 0. The SMILES string of the molecule is Clc1ccc2sc(CCBr)nc2c1. The summed E-state index contributed by atoms with van der Waals surface area (Å²) in [6, 6.07) is 5.83. The Morgan fingerprint density at radius 2 is 2.31 bits per heavy atom. The van der Waals surface area contributed by atoms with Crippen LogP contribution in [0, 0.1) is 0 Å². The molecule has 0 spiro atoms. The van der Waals surface area contributed by atoms with Crippen LogP contribution in [-0.4, -0.2) is 10.3 Å². The summed E-state index contributed by atoms with van der Waals surface area (Å²) < 4.78 is 1.21. The molecule has 0 amide bonds. The van der Waals surface area contributed by atoms with E-state index in [0.717, 1.165) is 27.3 Å². The summed E-state index contributed by atoms with van der Waals surface area (Å²) >= 11 is 11.0. The van der Waals surface area contributed by atoms with Crippen LogP contribution in [0.15, 0.2) is 18.2 Å². The molecule has 0 aliphatic carbocycles. The minimum atomic E-state index is 0.753. The van der Waals surface area contributed by atoms with Gasteiger partial charge in [-0.2, -0.15) is 0 Å². The van der Waals surface area contributed by atoms with Gasteiger partial charge >= 0.3 is 0 Å². The second-order valence-corrected chi connectivity index (χ2v) is 5.00. The number of rotatable bonds is 2. The maximum Gasteiger partial charge on any atom is 0.0946 e. The van der Waals surface area contributed by atoms with Gasteiger partial charge in [-0.05, 0) is 18.2 Å². The van der Waals surface area contributed by atoms with Gasteiger partial charge in [0.1, 0.15) is 0 Å². The zero-order chi connectivity index (χ0) is 9.26. The second-order valence-electron chi connectivity index (χ2n) is 2.66. The quantitative estimate of drug-likeness (QED) is 0.759. The van der Waals surface area contributed by atoms with Crippen molar-refractivity contribution in [1.82, 2.24) is 4.98 Å². The molecule has 2 rings (SSSR count). The third-order valence-corrected chi connectivity index (χ3v) is 3.43. The molecule has 1 nitrogen and oxygen atoms in total. The van der Waals surface area contributed by atoms with Crippen LogP contribution in [0.5, 0.6) is 0 Å². The molecule has 0 fully saturated rings. The molecule has 0 radical (unpaired) electrons. The molecule has 0 unspecified atom stereocenters. The van der Waals surface area contributed by atoms with Crippen LogP contribution in [0.1, 0.15) is 5.01 Å². The highest BCUT2D eigenvalue weighted by molar-refractivity contribution is 9.09. The highest BCUT2D eigenvalue weighted by Crippen LogP contribution is 2.25. The Morgan fingerprint density at radius 1 is 1.46 bits per heavy atom. The van der Waals surface area contributed by atoms with Crippen molar-refractivity contribution >= 4 is 49.1 Å². The molecule has 0 saturated carbocycles. The Bertz CT molecular complexity index is 426. The number of alkyl halides is 1. The van der Waals surface area contributed by atoms with Crippen LogP contribution < -0.4 is 0 Å². The zero-order valence-corrected chi connectivity index (χ0v) is 9.92. The van der Waals surface area contributed by atoms with Crippen molar-refractivity contribution in [3.05, 3.63) is 28.2 Å². The fourth-order valence-electron chi connectivity index (χ4n) is 1.14. The molecule has 0 atom stereocenters. The number of aryl methyl sites for hydroxylation is 1. The molecule has 4 heteroatoms. The number of benzene rings is 1. The average Bonchev–Trinajstić information content (AvgIpc) is 2.46. The molecule has 0 aliphatic rings. The van der Waals surface area contributed by atoms with Crippen molar-refractivity contribution < 1.29 is 0 Å². The van der Waals surface area contributed by atoms with Gasteiger partial charge in [-0.1, -0.05) is 27.5 Å². The lowest BCUT2D eigenvalue weighted by atomic mass is 10.3. The van der Waals surface area contributed by atoms with E-state index in [1.807, 2.05) is 18.2 Å². The van der Waals surface area contributed by atoms with E-state index < -0.39 is 0 Å². The van der Waals surface area contributed by atoms with Crippen molar-refractivity contribution in [2.75, 3.05) is 5.33 Å². The van der Waals surface area contributed by atoms with Crippen LogP contribution in [-0.2, 0) is 6.42 Å². The van der Waals surface area contributed by atoms with Crippen molar-refractivity contribution in [3.8, 4) is 0 Å². The third kappa shape index (κ3) is 2.03. The molecule has 0 N–H and O–H groups in total. The molecule has 1 aromatic carbocycles. The smallest absolute Gasteiger partial charge is 0.0946 e. The molecule has 68 valence electrons. The highest BCUT2D eigenvalue weighted by Gasteiger charge is 2.02. The molecular formula is C9H7BrClNS. The lowest BCUT2D eigenvalue weighted by Gasteiger charge is -1.86. The number of fused-ring (bicyclic) bond motifs is 1. The van der Waals surface area contributed by atoms with E-state index in [1.54, 1.807) is 11.3 Å². The first kappa shape index (κ1) is 9.44. The second kappa shape index (κ2) is 3.95. The Kier molecular flexibility index (Phi) is 2.86. The van der Waals surface area contributed by atoms with Crippen LogP contribution in [0.3, 0.4) is 0 Å². The zero-order valence-electron chi connectivity index (χ0n) is 6.76. The van der Waals surface area contributed by atoms with Gasteiger partial charge in [0, 0.05) is 16.8 Å². The summed E-state index contributed by atoms with van der Waals surface area (Å²) in [7, 11) is 0. The number of aromatic nitrogens is 1. The van der Waals surface area contributed by atoms with Crippen LogP contribution in [0.4, 0.5) is 0 Å². The molecule has 0 aliphatic heterocycles. The van der Waals surface area contributed by atoms with E-state index in [4.69, 9.17) is 11.6 Å². The van der Waals surface area contributed by atoms with Crippen molar-refractivity contribution in [3.63, 3.8) is 0 Å². The van der Waals surface area contributed by atoms with Crippen LogP contribution in [0.2, 0.25) is 5.02 Å². The highest BCUT2D eigenvalue weighted by atomic mass is 79.9. The molecule has 1 aromatic heterocycles. The third-order valence-electron chi connectivity index (χ3n) is 1.70. The molecule has 2 aromatic rings. The van der Waals surface area contributed by atoms with Gasteiger partial charge in [0.2, 0.25) is 0 Å². The standard InChI is InChI=1S/C9H7BrClNS/c10-4-3-9-12-7-5-6(11)1-2-8(7)13-9/h1-2,5H,3-4H2. The Labute approximate surface area is 93.9 Å². The van der Waals surface area contributed by atoms with Crippen LogP contribution >= 0.6 is 38.9 Å². The van der Waals surface area contributed by atoms with E-state index in [0.29, 0.717) is 0 Å². The summed E-state index contributed by atoms with van der Waals surface area (Å²) in [6.07, 6.45) is 0.983. The molecular weight excluding hydrogens is 270 g/mol. The van der Waals surface area contributed by atoms with E-state index >= 15 is 0 Å². The minimum Gasteiger partial charge on any atom is -0.241 e. The minimum absolute atomic E-state index is 0.753. The summed E-state index contributed by atoms with van der Waals surface area (Å²) in [5.41, 5.74) is 1.01. The molecule has 1 heterocycles. The maximum absolute atomic E-state index is 5.86. The summed E-state index contributed by atoms with van der Waals surface area (Å²) in [6.45, 7) is 0. The molecule has 13 heavy (non-hydrogen) atoms. The number of halogens is 2.